The highest BCUT2D eigenvalue weighted by Crippen LogP contribution is 2.35. The first kappa shape index (κ1) is 22.8. The molecule has 2 aliphatic heterocycles. The molecule has 0 aromatic heterocycles. The third kappa shape index (κ3) is 5.15. The fourth-order valence-corrected chi connectivity index (χ4v) is 4.80. The summed E-state index contributed by atoms with van der Waals surface area (Å²) in [6, 6.07) is 11.5. The van der Waals surface area contributed by atoms with Crippen molar-refractivity contribution in [3.05, 3.63) is 63.5 Å². The van der Waals surface area contributed by atoms with E-state index in [9.17, 15) is 9.59 Å². The second kappa shape index (κ2) is 10.0. The minimum Gasteiger partial charge on any atom is -0.493 e. The molecule has 1 amide bonds. The molecule has 2 fully saturated rings. The van der Waals surface area contributed by atoms with Crippen molar-refractivity contribution in [2.24, 2.45) is 0 Å². The molecule has 2 saturated heterocycles. The molecule has 166 valence electrons. The van der Waals surface area contributed by atoms with Crippen molar-refractivity contribution in [2.75, 3.05) is 20.3 Å². The van der Waals surface area contributed by atoms with Crippen LogP contribution in [0.25, 0.3) is 6.08 Å². The summed E-state index contributed by atoms with van der Waals surface area (Å²) in [5, 5.41) is 0.532. The molecule has 1 atom stereocenters. The Bertz CT molecular complexity index is 1080. The van der Waals surface area contributed by atoms with Crippen LogP contribution in [0, 0.1) is 0 Å². The standard InChI is InChI=1S/C23H20ClNO5S2/c1-28-19-11-14(4-9-18(19)30-22(27)15-5-7-16(24)8-6-15)12-20-21(26)25(23(31)32-20)13-17-3-2-10-29-17/h4-9,11-12,17H,2-3,10,13H2,1H3/b20-12+/t17-/m0/s1. The lowest BCUT2D eigenvalue weighted by Gasteiger charge is -2.18. The zero-order valence-corrected chi connectivity index (χ0v) is 19.6. The van der Waals surface area contributed by atoms with Crippen LogP contribution < -0.4 is 9.47 Å². The molecule has 0 bridgehead atoms. The first-order valence-corrected chi connectivity index (χ1v) is 11.6. The van der Waals surface area contributed by atoms with Crippen LogP contribution in [-0.2, 0) is 9.53 Å². The third-order valence-corrected chi connectivity index (χ3v) is 6.68. The van der Waals surface area contributed by atoms with Gasteiger partial charge in [-0.25, -0.2) is 4.79 Å². The van der Waals surface area contributed by atoms with E-state index in [-0.39, 0.29) is 17.8 Å². The van der Waals surface area contributed by atoms with Gasteiger partial charge < -0.3 is 14.2 Å². The summed E-state index contributed by atoms with van der Waals surface area (Å²) in [5.41, 5.74) is 1.10. The molecule has 32 heavy (non-hydrogen) atoms. The van der Waals surface area contributed by atoms with Gasteiger partial charge in [-0.3, -0.25) is 9.69 Å². The number of methoxy groups -OCH3 is 1. The number of carbonyl (C=O) groups is 2. The van der Waals surface area contributed by atoms with Gasteiger partial charge in [-0.05, 0) is 60.9 Å². The van der Waals surface area contributed by atoms with E-state index in [0.717, 1.165) is 25.0 Å². The highest BCUT2D eigenvalue weighted by molar-refractivity contribution is 8.26. The molecular weight excluding hydrogens is 470 g/mol. The van der Waals surface area contributed by atoms with E-state index in [1.165, 1.54) is 18.9 Å². The summed E-state index contributed by atoms with van der Waals surface area (Å²) in [6.07, 6.45) is 3.72. The molecule has 0 N–H and O–H groups in total. The van der Waals surface area contributed by atoms with Crippen molar-refractivity contribution >= 4 is 57.9 Å². The van der Waals surface area contributed by atoms with Crippen LogP contribution in [0.4, 0.5) is 0 Å². The van der Waals surface area contributed by atoms with Gasteiger partial charge in [0.2, 0.25) is 0 Å². The molecule has 2 aliphatic rings. The number of thioether (sulfide) groups is 1. The van der Waals surface area contributed by atoms with Crippen LogP contribution in [0.3, 0.4) is 0 Å². The van der Waals surface area contributed by atoms with Crippen molar-refractivity contribution in [1.82, 2.24) is 4.90 Å². The highest BCUT2D eigenvalue weighted by Gasteiger charge is 2.34. The maximum atomic E-state index is 12.8. The van der Waals surface area contributed by atoms with Gasteiger partial charge in [0.1, 0.15) is 4.32 Å². The van der Waals surface area contributed by atoms with Crippen LogP contribution in [0.1, 0.15) is 28.8 Å². The number of hydrogen-bond donors (Lipinski definition) is 0. The Morgan fingerprint density at radius 1 is 1.28 bits per heavy atom. The molecule has 6 nitrogen and oxygen atoms in total. The zero-order valence-electron chi connectivity index (χ0n) is 17.2. The summed E-state index contributed by atoms with van der Waals surface area (Å²) in [6.45, 7) is 1.20. The van der Waals surface area contributed by atoms with E-state index < -0.39 is 5.97 Å². The van der Waals surface area contributed by atoms with Crippen molar-refractivity contribution in [3.63, 3.8) is 0 Å². The fourth-order valence-electron chi connectivity index (χ4n) is 3.40. The molecule has 0 unspecified atom stereocenters. The van der Waals surface area contributed by atoms with Crippen molar-refractivity contribution in [2.45, 2.75) is 18.9 Å². The van der Waals surface area contributed by atoms with Crippen molar-refractivity contribution in [3.8, 4) is 11.5 Å². The summed E-state index contributed by atoms with van der Waals surface area (Å²) in [4.78, 5) is 27.4. The SMILES string of the molecule is COc1cc(/C=C2/SC(=S)N(C[C@@H]3CCCO3)C2=O)ccc1OC(=O)c1ccc(Cl)cc1. The van der Waals surface area contributed by atoms with Crippen LogP contribution >= 0.6 is 35.6 Å². The molecule has 0 aliphatic carbocycles. The van der Waals surface area contributed by atoms with Gasteiger partial charge in [0.05, 0.1) is 30.2 Å². The Morgan fingerprint density at radius 2 is 2.06 bits per heavy atom. The Kier molecular flexibility index (Phi) is 7.15. The molecule has 4 rings (SSSR count). The molecule has 2 aromatic rings. The van der Waals surface area contributed by atoms with Gasteiger partial charge in [-0.2, -0.15) is 0 Å². The molecule has 9 heteroatoms. The lowest BCUT2D eigenvalue weighted by Crippen LogP contribution is -2.35. The Hall–Kier alpha value is -2.39. The van der Waals surface area contributed by atoms with Gasteiger partial charge in [-0.1, -0.05) is 41.6 Å². The topological polar surface area (TPSA) is 65.1 Å². The average molecular weight is 490 g/mol. The summed E-state index contributed by atoms with van der Waals surface area (Å²) < 4.78 is 17.0. The number of thiocarbonyl (C=S) groups is 1. The second-order valence-corrected chi connectivity index (χ2v) is 9.35. The average Bonchev–Trinajstić information content (AvgIpc) is 3.39. The van der Waals surface area contributed by atoms with Gasteiger partial charge in [0.15, 0.2) is 11.5 Å². The number of carbonyl (C=O) groups excluding carboxylic acids is 2. The maximum Gasteiger partial charge on any atom is 0.343 e. The predicted octanol–water partition coefficient (Wildman–Crippen LogP) is 4.95. The third-order valence-electron chi connectivity index (χ3n) is 5.05. The second-order valence-electron chi connectivity index (χ2n) is 7.23. The van der Waals surface area contributed by atoms with Crippen LogP contribution in [0.5, 0.6) is 11.5 Å². The molecule has 0 radical (unpaired) electrons. The van der Waals surface area contributed by atoms with E-state index in [1.54, 1.807) is 53.4 Å². The van der Waals surface area contributed by atoms with Crippen molar-refractivity contribution in [1.29, 1.82) is 0 Å². The van der Waals surface area contributed by atoms with Gasteiger partial charge in [-0.15, -0.1) is 0 Å². The zero-order chi connectivity index (χ0) is 22.7. The normalized spacial score (nSPS) is 19.6. The Morgan fingerprint density at radius 3 is 2.75 bits per heavy atom. The van der Waals surface area contributed by atoms with E-state index in [4.69, 9.17) is 38.0 Å². The number of esters is 1. The number of nitrogens with zero attached hydrogens (tertiary/aromatic N) is 1. The van der Waals surface area contributed by atoms with Gasteiger partial charge in [0.25, 0.3) is 5.91 Å². The Balaban J connectivity index is 1.49. The molecule has 2 heterocycles. The monoisotopic (exact) mass is 489 g/mol. The first-order chi connectivity index (χ1) is 15.4. The molecule has 0 spiro atoms. The predicted molar refractivity (Wildman–Crippen MR) is 128 cm³/mol. The van der Waals surface area contributed by atoms with E-state index in [0.29, 0.717) is 32.1 Å². The lowest BCUT2D eigenvalue weighted by molar-refractivity contribution is -0.123. The maximum absolute atomic E-state index is 12.8. The number of amides is 1. The number of halogens is 1. The quantitative estimate of drug-likeness (QED) is 0.246. The number of benzene rings is 2. The molecular formula is C23H20ClNO5S2. The smallest absolute Gasteiger partial charge is 0.343 e. The lowest BCUT2D eigenvalue weighted by atomic mass is 10.1. The van der Waals surface area contributed by atoms with E-state index >= 15 is 0 Å². The molecule has 0 saturated carbocycles. The largest absolute Gasteiger partial charge is 0.493 e. The summed E-state index contributed by atoms with van der Waals surface area (Å²) in [5.74, 6) is -0.0122. The van der Waals surface area contributed by atoms with Gasteiger partial charge >= 0.3 is 5.97 Å². The first-order valence-electron chi connectivity index (χ1n) is 9.97. The number of ether oxygens (including phenoxy) is 3. The van der Waals surface area contributed by atoms with Gasteiger partial charge in [0, 0.05) is 11.6 Å². The van der Waals surface area contributed by atoms with E-state index in [2.05, 4.69) is 0 Å². The fraction of sp³-hybridized carbons (Fsp3) is 0.261. The van der Waals surface area contributed by atoms with Crippen molar-refractivity contribution < 1.29 is 23.8 Å². The van der Waals surface area contributed by atoms with Crippen LogP contribution in [0.15, 0.2) is 47.4 Å². The van der Waals surface area contributed by atoms with Crippen LogP contribution in [0.2, 0.25) is 5.02 Å². The summed E-state index contributed by atoms with van der Waals surface area (Å²) in [7, 11) is 1.49. The van der Waals surface area contributed by atoms with E-state index in [1.807, 2.05) is 0 Å². The highest BCUT2D eigenvalue weighted by atomic mass is 35.5. The minimum atomic E-state index is -0.525. The summed E-state index contributed by atoms with van der Waals surface area (Å²) >= 11 is 12.5. The van der Waals surface area contributed by atoms with Crippen LogP contribution in [-0.4, -0.2) is 47.5 Å². The minimum absolute atomic E-state index is 0.0338. The Labute approximate surface area is 200 Å². The number of rotatable bonds is 6. The molecule has 2 aromatic carbocycles. The number of hydrogen-bond acceptors (Lipinski definition) is 7.